The molecule has 6 heteroatoms. The van der Waals surface area contributed by atoms with Crippen LogP contribution in [0.3, 0.4) is 0 Å². The molecule has 0 saturated carbocycles. The zero-order valence-electron chi connectivity index (χ0n) is 11.4. The van der Waals surface area contributed by atoms with Gasteiger partial charge in [0.05, 0.1) is 0 Å². The van der Waals surface area contributed by atoms with Gasteiger partial charge in [0.2, 0.25) is 0 Å². The summed E-state index contributed by atoms with van der Waals surface area (Å²) in [4.78, 5) is 29.9. The number of hydrogen-bond acceptors (Lipinski definition) is 3. The summed E-state index contributed by atoms with van der Waals surface area (Å²) < 4.78 is 5.18. The van der Waals surface area contributed by atoms with Gasteiger partial charge in [-0.2, -0.15) is 0 Å². The summed E-state index contributed by atoms with van der Waals surface area (Å²) >= 11 is 0. The molecule has 106 valence electrons. The van der Waals surface area contributed by atoms with E-state index in [4.69, 9.17) is 4.74 Å². The largest absolute Gasteiger partial charge is 0.384 e. The monoisotopic (exact) mass is 267 g/mol. The number of piperidine rings is 1. The van der Waals surface area contributed by atoms with Crippen LogP contribution in [0.1, 0.15) is 30.3 Å². The van der Waals surface area contributed by atoms with Crippen molar-refractivity contribution in [1.82, 2.24) is 14.9 Å². The molecular weight excluding hydrogens is 246 g/mol. The third kappa shape index (κ3) is 3.26. The Hall–Kier alpha value is -1.56. The minimum absolute atomic E-state index is 0.101. The summed E-state index contributed by atoms with van der Waals surface area (Å²) in [5.41, 5.74) is 0.000317. The first-order valence-electron chi connectivity index (χ1n) is 6.67. The number of H-pyrrole nitrogens is 2. The van der Waals surface area contributed by atoms with Gasteiger partial charge in [-0.05, 0) is 24.7 Å². The number of aromatic nitrogens is 2. The summed E-state index contributed by atoms with van der Waals surface area (Å²) in [5, 5.41) is 0. The third-order valence-electron chi connectivity index (χ3n) is 3.89. The number of amides is 1. The highest BCUT2D eigenvalue weighted by molar-refractivity contribution is 5.92. The number of aromatic amines is 2. The average Bonchev–Trinajstić information content (AvgIpc) is 2.85. The minimum atomic E-state index is -0.341. The zero-order chi connectivity index (χ0) is 13.8. The second kappa shape index (κ2) is 6.06. The Labute approximate surface area is 112 Å². The van der Waals surface area contributed by atoms with Crippen LogP contribution >= 0.6 is 0 Å². The van der Waals surface area contributed by atoms with Crippen molar-refractivity contribution < 1.29 is 9.53 Å². The smallest absolute Gasteiger partial charge is 0.323 e. The predicted octanol–water partition coefficient (Wildman–Crippen LogP) is 0.838. The molecule has 0 spiro atoms. The Bertz CT molecular complexity index is 471. The summed E-state index contributed by atoms with van der Waals surface area (Å²) in [6.07, 6.45) is 3.42. The first-order valence-corrected chi connectivity index (χ1v) is 6.67. The van der Waals surface area contributed by atoms with E-state index >= 15 is 0 Å². The van der Waals surface area contributed by atoms with Crippen molar-refractivity contribution in [3.05, 3.63) is 22.4 Å². The molecule has 0 aliphatic carbocycles. The fourth-order valence-electron chi connectivity index (χ4n) is 2.69. The highest BCUT2D eigenvalue weighted by Gasteiger charge is 2.27. The maximum Gasteiger partial charge on any atom is 0.323 e. The van der Waals surface area contributed by atoms with Crippen molar-refractivity contribution in [3.8, 4) is 0 Å². The third-order valence-corrected chi connectivity index (χ3v) is 3.89. The Morgan fingerprint density at radius 1 is 1.53 bits per heavy atom. The van der Waals surface area contributed by atoms with Crippen molar-refractivity contribution in [2.75, 3.05) is 26.8 Å². The molecule has 0 bridgehead atoms. The summed E-state index contributed by atoms with van der Waals surface area (Å²) in [6, 6.07) is 0. The quantitative estimate of drug-likeness (QED) is 0.848. The normalized spacial score (nSPS) is 18.5. The number of imidazole rings is 1. The van der Waals surface area contributed by atoms with Gasteiger partial charge < -0.3 is 19.6 Å². The molecule has 1 aliphatic rings. The minimum Gasteiger partial charge on any atom is -0.384 e. The molecule has 1 atom stereocenters. The number of hydrogen-bond donors (Lipinski definition) is 2. The second-order valence-electron chi connectivity index (χ2n) is 5.22. The lowest BCUT2D eigenvalue weighted by atomic mass is 9.86. The van der Waals surface area contributed by atoms with Gasteiger partial charge in [-0.15, -0.1) is 0 Å². The number of carbonyl (C=O) groups is 1. The van der Waals surface area contributed by atoms with Gasteiger partial charge in [-0.1, -0.05) is 6.92 Å². The van der Waals surface area contributed by atoms with E-state index < -0.39 is 0 Å². The Kier molecular flexibility index (Phi) is 4.42. The lowest BCUT2D eigenvalue weighted by molar-refractivity contribution is 0.0594. The summed E-state index contributed by atoms with van der Waals surface area (Å²) in [6.45, 7) is 4.44. The van der Waals surface area contributed by atoms with E-state index in [-0.39, 0.29) is 11.6 Å². The van der Waals surface area contributed by atoms with Crippen molar-refractivity contribution in [1.29, 1.82) is 0 Å². The standard InChI is InChI=1S/C13H21N3O3/c1-9(8-19-2)10-3-5-16(6-4-10)12(17)11-7-14-13(18)15-11/h7,9-10H,3-6,8H2,1-2H3,(H2,14,15,18)/t9-/m1/s1. The molecule has 2 N–H and O–H groups in total. The first-order chi connectivity index (χ1) is 9.11. The fourth-order valence-corrected chi connectivity index (χ4v) is 2.69. The number of likely N-dealkylation sites (tertiary alicyclic amines) is 1. The molecule has 6 nitrogen and oxygen atoms in total. The number of methoxy groups -OCH3 is 1. The first kappa shape index (κ1) is 13.9. The SMILES string of the molecule is COC[C@@H](C)C1CCN(C(=O)c2c[nH]c(=O)[nH]2)CC1. The van der Waals surface area contributed by atoms with Gasteiger partial charge in [0.25, 0.3) is 5.91 Å². The van der Waals surface area contributed by atoms with Crippen LogP contribution in [0.2, 0.25) is 0 Å². The second-order valence-corrected chi connectivity index (χ2v) is 5.22. The Balaban J connectivity index is 1.89. The number of nitrogens with zero attached hydrogens (tertiary/aromatic N) is 1. The van der Waals surface area contributed by atoms with E-state index in [0.717, 1.165) is 32.5 Å². The van der Waals surface area contributed by atoms with Crippen LogP contribution in [0.4, 0.5) is 0 Å². The van der Waals surface area contributed by atoms with E-state index in [1.54, 1.807) is 12.0 Å². The van der Waals surface area contributed by atoms with Crippen LogP contribution in [0, 0.1) is 11.8 Å². The van der Waals surface area contributed by atoms with E-state index in [1.165, 1.54) is 6.20 Å². The lowest BCUT2D eigenvalue weighted by Crippen LogP contribution is -2.40. The molecule has 0 radical (unpaired) electrons. The fraction of sp³-hybridized carbons (Fsp3) is 0.692. The Morgan fingerprint density at radius 2 is 2.21 bits per heavy atom. The van der Waals surface area contributed by atoms with E-state index in [1.807, 2.05) is 0 Å². The van der Waals surface area contributed by atoms with E-state index in [0.29, 0.717) is 17.5 Å². The number of carbonyl (C=O) groups excluding carboxylic acids is 1. The number of nitrogens with one attached hydrogen (secondary N) is 2. The molecule has 0 aromatic carbocycles. The van der Waals surface area contributed by atoms with Crippen LogP contribution in [-0.2, 0) is 4.74 Å². The molecule has 0 unspecified atom stereocenters. The molecule has 1 fully saturated rings. The zero-order valence-corrected chi connectivity index (χ0v) is 11.4. The van der Waals surface area contributed by atoms with Crippen LogP contribution in [0.25, 0.3) is 0 Å². The van der Waals surface area contributed by atoms with E-state index in [9.17, 15) is 9.59 Å². The number of ether oxygens (including phenoxy) is 1. The van der Waals surface area contributed by atoms with Crippen LogP contribution < -0.4 is 5.69 Å². The highest BCUT2D eigenvalue weighted by Crippen LogP contribution is 2.25. The maximum atomic E-state index is 12.1. The number of rotatable bonds is 4. The maximum absolute atomic E-state index is 12.1. The van der Waals surface area contributed by atoms with Gasteiger partial charge in [0, 0.05) is 33.0 Å². The van der Waals surface area contributed by atoms with Crippen molar-refractivity contribution in [2.24, 2.45) is 11.8 Å². The average molecular weight is 267 g/mol. The molecule has 1 aromatic rings. The molecule has 1 aliphatic heterocycles. The molecule has 2 rings (SSSR count). The highest BCUT2D eigenvalue weighted by atomic mass is 16.5. The summed E-state index contributed by atoms with van der Waals surface area (Å²) in [7, 11) is 1.72. The van der Waals surface area contributed by atoms with Crippen molar-refractivity contribution >= 4 is 5.91 Å². The molecule has 1 amide bonds. The molecule has 19 heavy (non-hydrogen) atoms. The van der Waals surface area contributed by atoms with E-state index in [2.05, 4.69) is 16.9 Å². The van der Waals surface area contributed by atoms with Crippen molar-refractivity contribution in [2.45, 2.75) is 19.8 Å². The van der Waals surface area contributed by atoms with Gasteiger partial charge in [0.15, 0.2) is 0 Å². The Morgan fingerprint density at radius 3 is 2.74 bits per heavy atom. The van der Waals surface area contributed by atoms with Gasteiger partial charge in [-0.25, -0.2) is 4.79 Å². The lowest BCUT2D eigenvalue weighted by Gasteiger charge is -2.34. The van der Waals surface area contributed by atoms with Gasteiger partial charge in [-0.3, -0.25) is 4.79 Å². The molecule has 2 heterocycles. The molecule has 1 aromatic heterocycles. The van der Waals surface area contributed by atoms with Gasteiger partial charge >= 0.3 is 5.69 Å². The van der Waals surface area contributed by atoms with Crippen LogP contribution in [0.15, 0.2) is 11.0 Å². The summed E-state index contributed by atoms with van der Waals surface area (Å²) in [5.74, 6) is 1.03. The predicted molar refractivity (Wildman–Crippen MR) is 71.1 cm³/mol. The molecular formula is C13H21N3O3. The molecule has 1 saturated heterocycles. The van der Waals surface area contributed by atoms with Gasteiger partial charge in [0.1, 0.15) is 5.69 Å². The van der Waals surface area contributed by atoms with Crippen molar-refractivity contribution in [3.63, 3.8) is 0 Å². The topological polar surface area (TPSA) is 78.2 Å². The van der Waals surface area contributed by atoms with Crippen LogP contribution in [-0.4, -0.2) is 47.6 Å². The van der Waals surface area contributed by atoms with Crippen LogP contribution in [0.5, 0.6) is 0 Å².